The third-order valence-electron chi connectivity index (χ3n) is 2.39. The van der Waals surface area contributed by atoms with E-state index in [4.69, 9.17) is 17.3 Å². The molecule has 1 saturated carbocycles. The molecule has 0 aliphatic heterocycles. The van der Waals surface area contributed by atoms with E-state index in [0.717, 1.165) is 17.2 Å². The molecular weight excluding hydrogens is 178 g/mol. The summed E-state index contributed by atoms with van der Waals surface area (Å²) in [5.74, 6) is 0. The molecule has 1 aliphatic rings. The van der Waals surface area contributed by atoms with Crippen LogP contribution in [0.3, 0.4) is 0 Å². The summed E-state index contributed by atoms with van der Waals surface area (Å²) < 4.78 is 0.844. The average Bonchev–Trinajstić information content (AvgIpc) is 2.31. The van der Waals surface area contributed by atoms with E-state index < -0.39 is 0 Å². The van der Waals surface area contributed by atoms with Gasteiger partial charge in [-0.3, -0.25) is 0 Å². The number of nitrogens with two attached hydrogens (primary N) is 1. The number of thiophene rings is 1. The van der Waals surface area contributed by atoms with Gasteiger partial charge in [-0.1, -0.05) is 11.6 Å². The van der Waals surface area contributed by atoms with Crippen molar-refractivity contribution in [3.8, 4) is 0 Å². The first-order chi connectivity index (χ1) is 5.21. The van der Waals surface area contributed by atoms with Crippen molar-refractivity contribution in [3.05, 3.63) is 21.3 Å². The van der Waals surface area contributed by atoms with Crippen molar-refractivity contribution in [1.29, 1.82) is 0 Å². The van der Waals surface area contributed by atoms with Crippen LogP contribution in [0.5, 0.6) is 0 Å². The summed E-state index contributed by atoms with van der Waals surface area (Å²) in [6, 6.07) is 1.99. The van der Waals surface area contributed by atoms with E-state index in [0.29, 0.717) is 0 Å². The van der Waals surface area contributed by atoms with Crippen LogP contribution in [0, 0.1) is 0 Å². The molecular formula is C8H10ClNS. The SMILES string of the molecule is NC1(c2csc(Cl)c2)CCC1. The van der Waals surface area contributed by atoms with Gasteiger partial charge in [-0.25, -0.2) is 0 Å². The molecule has 0 atom stereocenters. The second-order valence-electron chi connectivity index (χ2n) is 3.15. The monoisotopic (exact) mass is 187 g/mol. The Hall–Kier alpha value is -0.0500. The van der Waals surface area contributed by atoms with Crippen molar-refractivity contribution in [2.45, 2.75) is 24.8 Å². The summed E-state index contributed by atoms with van der Waals surface area (Å²) in [6.07, 6.45) is 3.48. The topological polar surface area (TPSA) is 26.0 Å². The molecule has 1 aromatic rings. The van der Waals surface area contributed by atoms with Crippen molar-refractivity contribution in [3.63, 3.8) is 0 Å². The minimum Gasteiger partial charge on any atom is -0.321 e. The zero-order chi connectivity index (χ0) is 7.90. The lowest BCUT2D eigenvalue weighted by Crippen LogP contribution is -2.42. The molecule has 0 radical (unpaired) electrons. The highest BCUT2D eigenvalue weighted by atomic mass is 35.5. The van der Waals surface area contributed by atoms with Gasteiger partial charge in [0.2, 0.25) is 0 Å². The van der Waals surface area contributed by atoms with Crippen LogP contribution in [-0.2, 0) is 5.54 Å². The molecule has 11 heavy (non-hydrogen) atoms. The first kappa shape index (κ1) is 7.59. The zero-order valence-corrected chi connectivity index (χ0v) is 7.71. The minimum atomic E-state index is -0.0381. The van der Waals surface area contributed by atoms with E-state index in [9.17, 15) is 0 Å². The lowest BCUT2D eigenvalue weighted by Gasteiger charge is -2.37. The van der Waals surface area contributed by atoms with Crippen molar-refractivity contribution in [2.75, 3.05) is 0 Å². The van der Waals surface area contributed by atoms with Crippen LogP contribution < -0.4 is 5.73 Å². The molecule has 1 nitrogen and oxygen atoms in total. The van der Waals surface area contributed by atoms with E-state index in [1.54, 1.807) is 11.3 Å². The Balaban J connectivity index is 2.28. The number of rotatable bonds is 1. The Kier molecular flexibility index (Phi) is 1.71. The van der Waals surface area contributed by atoms with Crippen LogP contribution in [0.2, 0.25) is 4.34 Å². The van der Waals surface area contributed by atoms with Gasteiger partial charge in [0.25, 0.3) is 0 Å². The summed E-state index contributed by atoms with van der Waals surface area (Å²) in [7, 11) is 0. The molecule has 60 valence electrons. The summed E-state index contributed by atoms with van der Waals surface area (Å²) in [6.45, 7) is 0. The lowest BCUT2D eigenvalue weighted by molar-refractivity contribution is 0.254. The molecule has 1 aromatic heterocycles. The van der Waals surface area contributed by atoms with Crippen LogP contribution in [0.1, 0.15) is 24.8 Å². The molecule has 3 heteroatoms. The maximum atomic E-state index is 6.09. The van der Waals surface area contributed by atoms with Crippen LogP contribution in [0.25, 0.3) is 0 Å². The summed E-state index contributed by atoms with van der Waals surface area (Å²) in [4.78, 5) is 0. The molecule has 0 amide bonds. The highest BCUT2D eigenvalue weighted by Crippen LogP contribution is 2.41. The second kappa shape index (κ2) is 2.47. The number of hydrogen-bond acceptors (Lipinski definition) is 2. The lowest BCUT2D eigenvalue weighted by atomic mass is 9.74. The third kappa shape index (κ3) is 1.19. The molecule has 0 bridgehead atoms. The van der Waals surface area contributed by atoms with E-state index in [1.165, 1.54) is 12.0 Å². The van der Waals surface area contributed by atoms with Gasteiger partial charge in [-0.2, -0.15) is 0 Å². The average molecular weight is 188 g/mol. The summed E-state index contributed by atoms with van der Waals surface area (Å²) in [5, 5.41) is 2.07. The van der Waals surface area contributed by atoms with Crippen LogP contribution in [0.4, 0.5) is 0 Å². The first-order valence-corrected chi connectivity index (χ1v) is 5.00. The van der Waals surface area contributed by atoms with Gasteiger partial charge in [-0.15, -0.1) is 11.3 Å². The second-order valence-corrected chi connectivity index (χ2v) is 4.69. The highest BCUT2D eigenvalue weighted by Gasteiger charge is 2.34. The van der Waals surface area contributed by atoms with E-state index in [-0.39, 0.29) is 5.54 Å². The van der Waals surface area contributed by atoms with Gasteiger partial charge >= 0.3 is 0 Å². The quantitative estimate of drug-likeness (QED) is 0.719. The smallest absolute Gasteiger partial charge is 0.0931 e. The maximum Gasteiger partial charge on any atom is 0.0931 e. The molecule has 0 saturated heterocycles. The normalized spacial score (nSPS) is 21.3. The summed E-state index contributed by atoms with van der Waals surface area (Å²) >= 11 is 7.38. The van der Waals surface area contributed by atoms with Gasteiger partial charge in [0, 0.05) is 5.54 Å². The van der Waals surface area contributed by atoms with Crippen molar-refractivity contribution in [1.82, 2.24) is 0 Å². The largest absolute Gasteiger partial charge is 0.321 e. The molecule has 2 rings (SSSR count). The van der Waals surface area contributed by atoms with E-state index in [1.807, 2.05) is 6.07 Å². The minimum absolute atomic E-state index is 0.0381. The standard InChI is InChI=1S/C8H10ClNS/c9-7-4-6(5-11-7)8(10)2-1-3-8/h4-5H,1-3,10H2. The summed E-state index contributed by atoms with van der Waals surface area (Å²) in [5.41, 5.74) is 7.27. The Morgan fingerprint density at radius 3 is 2.64 bits per heavy atom. The number of hydrogen-bond donors (Lipinski definition) is 1. The third-order valence-corrected chi connectivity index (χ3v) is 3.48. The van der Waals surface area contributed by atoms with Crippen LogP contribution >= 0.6 is 22.9 Å². The first-order valence-electron chi connectivity index (χ1n) is 3.74. The highest BCUT2D eigenvalue weighted by molar-refractivity contribution is 7.14. The maximum absolute atomic E-state index is 6.09. The zero-order valence-electron chi connectivity index (χ0n) is 6.14. The predicted molar refractivity (Wildman–Crippen MR) is 49.0 cm³/mol. The number of halogens is 1. The van der Waals surface area contributed by atoms with Gasteiger partial charge in [0.1, 0.15) is 0 Å². The molecule has 2 N–H and O–H groups in total. The fourth-order valence-electron chi connectivity index (χ4n) is 1.42. The molecule has 0 aromatic carbocycles. The van der Waals surface area contributed by atoms with Gasteiger partial charge in [0.15, 0.2) is 0 Å². The van der Waals surface area contributed by atoms with Crippen molar-refractivity contribution in [2.24, 2.45) is 5.73 Å². The van der Waals surface area contributed by atoms with Gasteiger partial charge < -0.3 is 5.73 Å². The van der Waals surface area contributed by atoms with E-state index >= 15 is 0 Å². The molecule has 1 heterocycles. The molecule has 0 unspecified atom stereocenters. The van der Waals surface area contributed by atoms with Crippen LogP contribution in [-0.4, -0.2) is 0 Å². The predicted octanol–water partition coefficient (Wildman–Crippen LogP) is 2.74. The molecule has 1 aliphatic carbocycles. The Morgan fingerprint density at radius 2 is 2.27 bits per heavy atom. The van der Waals surface area contributed by atoms with E-state index in [2.05, 4.69) is 5.38 Å². The van der Waals surface area contributed by atoms with Crippen molar-refractivity contribution >= 4 is 22.9 Å². The molecule has 1 fully saturated rings. The fraction of sp³-hybridized carbons (Fsp3) is 0.500. The van der Waals surface area contributed by atoms with Gasteiger partial charge in [-0.05, 0) is 36.3 Å². The van der Waals surface area contributed by atoms with Gasteiger partial charge in [0.05, 0.1) is 4.34 Å². The Morgan fingerprint density at radius 1 is 1.55 bits per heavy atom. The van der Waals surface area contributed by atoms with Crippen molar-refractivity contribution < 1.29 is 0 Å². The van der Waals surface area contributed by atoms with Crippen LogP contribution in [0.15, 0.2) is 11.4 Å². The molecule has 0 spiro atoms. The Labute approximate surface area is 75.2 Å². The fourth-order valence-corrected chi connectivity index (χ4v) is 2.41. The Bertz CT molecular complexity index is 265.